The molecule has 2 aromatic carbocycles. The van der Waals surface area contributed by atoms with Gasteiger partial charge in [0.15, 0.2) is 0 Å². The predicted octanol–water partition coefficient (Wildman–Crippen LogP) is 3.27. The molecule has 2 aromatic rings. The van der Waals surface area contributed by atoms with Crippen LogP contribution in [0.25, 0.3) is 0 Å². The summed E-state index contributed by atoms with van der Waals surface area (Å²) in [5.74, 6) is -0.882. The Morgan fingerprint density at radius 1 is 0.905 bits per heavy atom. The second-order valence-corrected chi connectivity index (χ2v) is 4.71. The molecule has 0 fully saturated rings. The van der Waals surface area contributed by atoms with Crippen molar-refractivity contribution in [3.05, 3.63) is 59.7 Å². The first-order valence-corrected chi connectivity index (χ1v) is 6.48. The molecule has 0 aromatic heterocycles. The van der Waals surface area contributed by atoms with E-state index in [-0.39, 0.29) is 12.5 Å². The van der Waals surface area contributed by atoms with E-state index in [9.17, 15) is 9.59 Å². The number of nitrogens with one attached hydrogen (secondary N) is 2. The van der Waals surface area contributed by atoms with E-state index in [0.29, 0.717) is 16.9 Å². The predicted molar refractivity (Wildman–Crippen MR) is 81.6 cm³/mol. The van der Waals surface area contributed by atoms with Crippen molar-refractivity contribution in [2.75, 3.05) is 10.6 Å². The van der Waals surface area contributed by atoms with Gasteiger partial charge in [-0.3, -0.25) is 4.79 Å². The number of urea groups is 1. The number of rotatable bonds is 4. The fraction of sp³-hybridized carbons (Fsp3) is 0.125. The molecule has 0 heterocycles. The van der Waals surface area contributed by atoms with Gasteiger partial charge in [-0.15, -0.1) is 0 Å². The third kappa shape index (κ3) is 4.65. The van der Waals surface area contributed by atoms with Gasteiger partial charge < -0.3 is 15.7 Å². The Bertz CT molecular complexity index is 634. The number of hydrogen-bond donors (Lipinski definition) is 3. The van der Waals surface area contributed by atoms with Crippen molar-refractivity contribution in [3.63, 3.8) is 0 Å². The molecule has 21 heavy (non-hydrogen) atoms. The van der Waals surface area contributed by atoms with Crippen molar-refractivity contribution >= 4 is 23.4 Å². The summed E-state index contributed by atoms with van der Waals surface area (Å²) >= 11 is 0. The SMILES string of the molecule is Cc1ccc(NC(=O)Nc2ccc(CC(=O)O)cc2)cc1. The molecule has 5 heteroatoms. The number of carbonyl (C=O) groups is 2. The zero-order valence-electron chi connectivity index (χ0n) is 11.6. The van der Waals surface area contributed by atoms with Gasteiger partial charge in [-0.25, -0.2) is 4.79 Å². The van der Waals surface area contributed by atoms with Crippen LogP contribution < -0.4 is 10.6 Å². The van der Waals surface area contributed by atoms with Gasteiger partial charge in [0.25, 0.3) is 0 Å². The summed E-state index contributed by atoms with van der Waals surface area (Å²) in [6, 6.07) is 13.8. The van der Waals surface area contributed by atoms with Gasteiger partial charge in [-0.05, 0) is 36.8 Å². The van der Waals surface area contributed by atoms with Gasteiger partial charge in [0, 0.05) is 11.4 Å². The molecule has 2 rings (SSSR count). The highest BCUT2D eigenvalue weighted by Gasteiger charge is 2.04. The molecule has 0 unspecified atom stereocenters. The highest BCUT2D eigenvalue weighted by atomic mass is 16.4. The third-order valence-electron chi connectivity index (χ3n) is 2.88. The Balaban J connectivity index is 1.93. The number of anilines is 2. The number of hydrogen-bond acceptors (Lipinski definition) is 2. The van der Waals surface area contributed by atoms with Crippen molar-refractivity contribution in [2.45, 2.75) is 13.3 Å². The first-order chi connectivity index (χ1) is 10.0. The molecule has 0 bridgehead atoms. The summed E-state index contributed by atoms with van der Waals surface area (Å²) in [6.07, 6.45) is -0.0319. The minimum atomic E-state index is -0.882. The zero-order chi connectivity index (χ0) is 15.2. The van der Waals surface area contributed by atoms with E-state index in [2.05, 4.69) is 10.6 Å². The van der Waals surface area contributed by atoms with E-state index < -0.39 is 5.97 Å². The number of aryl methyl sites for hydroxylation is 1. The lowest BCUT2D eigenvalue weighted by Gasteiger charge is -2.08. The molecule has 5 nitrogen and oxygen atoms in total. The largest absolute Gasteiger partial charge is 0.481 e. The number of carboxylic acids is 1. The standard InChI is InChI=1S/C16H16N2O3/c1-11-2-6-13(7-3-11)17-16(21)18-14-8-4-12(5-9-14)10-15(19)20/h2-9H,10H2,1H3,(H,19,20)(H2,17,18,21). The van der Waals surface area contributed by atoms with E-state index in [0.717, 1.165) is 5.56 Å². The summed E-state index contributed by atoms with van der Waals surface area (Å²) in [7, 11) is 0. The highest BCUT2D eigenvalue weighted by molar-refractivity contribution is 5.99. The third-order valence-corrected chi connectivity index (χ3v) is 2.88. The van der Waals surface area contributed by atoms with Crippen LogP contribution in [0, 0.1) is 6.92 Å². The molecule has 0 radical (unpaired) electrons. The number of aliphatic carboxylic acids is 1. The zero-order valence-corrected chi connectivity index (χ0v) is 11.6. The number of carboxylic acid groups (broad SMARTS) is 1. The lowest BCUT2D eigenvalue weighted by molar-refractivity contribution is -0.136. The maximum atomic E-state index is 11.8. The molecule has 108 valence electrons. The highest BCUT2D eigenvalue weighted by Crippen LogP contribution is 2.12. The monoisotopic (exact) mass is 284 g/mol. The van der Waals surface area contributed by atoms with Crippen LogP contribution in [0.5, 0.6) is 0 Å². The molecule has 3 N–H and O–H groups in total. The van der Waals surface area contributed by atoms with Crippen LogP contribution in [-0.2, 0) is 11.2 Å². The molecule has 0 atom stereocenters. The fourth-order valence-corrected chi connectivity index (χ4v) is 1.81. The summed E-state index contributed by atoms with van der Waals surface area (Å²) in [4.78, 5) is 22.4. The molecular formula is C16H16N2O3. The Morgan fingerprint density at radius 2 is 1.38 bits per heavy atom. The Kier molecular flexibility index (Phi) is 4.56. The second-order valence-electron chi connectivity index (χ2n) is 4.71. The summed E-state index contributed by atoms with van der Waals surface area (Å²) in [6.45, 7) is 1.97. The van der Waals surface area contributed by atoms with Crippen LogP contribution in [0.3, 0.4) is 0 Å². The average molecular weight is 284 g/mol. The molecule has 2 amide bonds. The van der Waals surface area contributed by atoms with E-state index in [1.807, 2.05) is 31.2 Å². The second kappa shape index (κ2) is 6.56. The fourth-order valence-electron chi connectivity index (χ4n) is 1.81. The molecule has 0 aliphatic carbocycles. The Morgan fingerprint density at radius 3 is 1.86 bits per heavy atom. The van der Waals surface area contributed by atoms with Crippen molar-refractivity contribution in [1.29, 1.82) is 0 Å². The molecular weight excluding hydrogens is 268 g/mol. The molecule has 0 aliphatic rings. The van der Waals surface area contributed by atoms with E-state index in [1.165, 1.54) is 0 Å². The summed E-state index contributed by atoms with van der Waals surface area (Å²) in [5.41, 5.74) is 3.12. The van der Waals surface area contributed by atoms with E-state index in [4.69, 9.17) is 5.11 Å². The van der Waals surface area contributed by atoms with Crippen LogP contribution in [-0.4, -0.2) is 17.1 Å². The lowest BCUT2D eigenvalue weighted by atomic mass is 10.1. The minimum Gasteiger partial charge on any atom is -0.481 e. The molecule has 0 spiro atoms. The topological polar surface area (TPSA) is 78.4 Å². The molecule has 0 saturated heterocycles. The Labute approximate surface area is 122 Å². The normalized spacial score (nSPS) is 9.95. The van der Waals surface area contributed by atoms with Crippen molar-refractivity contribution in [3.8, 4) is 0 Å². The first-order valence-electron chi connectivity index (χ1n) is 6.48. The van der Waals surface area contributed by atoms with Crippen molar-refractivity contribution < 1.29 is 14.7 Å². The average Bonchev–Trinajstić information content (AvgIpc) is 2.43. The first kappa shape index (κ1) is 14.6. The van der Waals surface area contributed by atoms with Crippen molar-refractivity contribution in [2.24, 2.45) is 0 Å². The minimum absolute atomic E-state index is 0.0319. The maximum absolute atomic E-state index is 11.8. The van der Waals surface area contributed by atoms with E-state index in [1.54, 1.807) is 24.3 Å². The number of amides is 2. The van der Waals surface area contributed by atoms with Crippen LogP contribution in [0.2, 0.25) is 0 Å². The van der Waals surface area contributed by atoms with Gasteiger partial charge in [-0.2, -0.15) is 0 Å². The quantitative estimate of drug-likeness (QED) is 0.806. The Hall–Kier alpha value is -2.82. The van der Waals surface area contributed by atoms with Crippen LogP contribution in [0.4, 0.5) is 16.2 Å². The maximum Gasteiger partial charge on any atom is 0.323 e. The number of benzene rings is 2. The van der Waals surface area contributed by atoms with Gasteiger partial charge in [-0.1, -0.05) is 29.8 Å². The lowest BCUT2D eigenvalue weighted by Crippen LogP contribution is -2.19. The van der Waals surface area contributed by atoms with Crippen LogP contribution >= 0.6 is 0 Å². The van der Waals surface area contributed by atoms with Crippen LogP contribution in [0.15, 0.2) is 48.5 Å². The van der Waals surface area contributed by atoms with Crippen LogP contribution in [0.1, 0.15) is 11.1 Å². The van der Waals surface area contributed by atoms with Gasteiger partial charge in [0.2, 0.25) is 0 Å². The van der Waals surface area contributed by atoms with Gasteiger partial charge in [0.05, 0.1) is 6.42 Å². The van der Waals surface area contributed by atoms with Gasteiger partial charge >= 0.3 is 12.0 Å². The van der Waals surface area contributed by atoms with E-state index >= 15 is 0 Å². The summed E-state index contributed by atoms with van der Waals surface area (Å²) in [5, 5.41) is 14.1. The number of carbonyl (C=O) groups excluding carboxylic acids is 1. The van der Waals surface area contributed by atoms with Crippen molar-refractivity contribution in [1.82, 2.24) is 0 Å². The summed E-state index contributed by atoms with van der Waals surface area (Å²) < 4.78 is 0. The smallest absolute Gasteiger partial charge is 0.323 e. The molecule has 0 aliphatic heterocycles. The van der Waals surface area contributed by atoms with Gasteiger partial charge in [0.1, 0.15) is 0 Å². The molecule has 0 saturated carbocycles.